The summed E-state index contributed by atoms with van der Waals surface area (Å²) in [6.07, 6.45) is 3.71. The van der Waals surface area contributed by atoms with E-state index in [0.717, 1.165) is 43.3 Å². The second-order valence-corrected chi connectivity index (χ2v) is 5.08. The number of aromatic nitrogens is 2. The fraction of sp³-hybridized carbons (Fsp3) is 0.375. The standard InChI is InChI=1S/C16H20N4O2/c1-21-14-4-3-12(9-15(14)22-2)13-10-18-16(19-11-13)20-7-5-17-6-8-20/h3-4,9-11,17H,5-8H2,1-2H3. The lowest BCUT2D eigenvalue weighted by atomic mass is 10.1. The van der Waals surface area contributed by atoms with Crippen molar-refractivity contribution in [2.45, 2.75) is 0 Å². The van der Waals surface area contributed by atoms with Crippen molar-refractivity contribution in [3.8, 4) is 22.6 Å². The molecule has 0 radical (unpaired) electrons. The molecule has 6 nitrogen and oxygen atoms in total. The van der Waals surface area contributed by atoms with Crippen molar-refractivity contribution in [2.75, 3.05) is 45.3 Å². The Balaban J connectivity index is 1.83. The smallest absolute Gasteiger partial charge is 0.225 e. The number of ether oxygens (including phenoxy) is 2. The van der Waals surface area contributed by atoms with Crippen molar-refractivity contribution >= 4 is 5.95 Å². The number of rotatable bonds is 4. The molecule has 1 aliphatic heterocycles. The van der Waals surface area contributed by atoms with Crippen LogP contribution in [0.25, 0.3) is 11.1 Å². The number of benzene rings is 1. The molecule has 2 aromatic rings. The largest absolute Gasteiger partial charge is 0.493 e. The highest BCUT2D eigenvalue weighted by atomic mass is 16.5. The van der Waals surface area contributed by atoms with Crippen molar-refractivity contribution in [1.82, 2.24) is 15.3 Å². The Morgan fingerprint density at radius 3 is 2.27 bits per heavy atom. The Kier molecular flexibility index (Phi) is 4.39. The van der Waals surface area contributed by atoms with E-state index in [1.165, 1.54) is 0 Å². The van der Waals surface area contributed by atoms with Crippen LogP contribution in [0.15, 0.2) is 30.6 Å². The summed E-state index contributed by atoms with van der Waals surface area (Å²) in [5.41, 5.74) is 1.96. The van der Waals surface area contributed by atoms with Gasteiger partial charge in [-0.2, -0.15) is 0 Å². The van der Waals surface area contributed by atoms with Crippen LogP contribution in [-0.4, -0.2) is 50.4 Å². The number of nitrogens with zero attached hydrogens (tertiary/aromatic N) is 3. The van der Waals surface area contributed by atoms with Crippen LogP contribution in [0, 0.1) is 0 Å². The SMILES string of the molecule is COc1ccc(-c2cnc(N3CCNCC3)nc2)cc1OC. The molecule has 0 bridgehead atoms. The van der Waals surface area contributed by atoms with E-state index in [1.54, 1.807) is 14.2 Å². The van der Waals surface area contributed by atoms with Gasteiger partial charge in [-0.05, 0) is 17.7 Å². The molecule has 0 amide bonds. The Morgan fingerprint density at radius 1 is 0.955 bits per heavy atom. The van der Waals surface area contributed by atoms with Gasteiger partial charge < -0.3 is 19.7 Å². The van der Waals surface area contributed by atoms with Crippen LogP contribution in [0.4, 0.5) is 5.95 Å². The number of hydrogen-bond donors (Lipinski definition) is 1. The van der Waals surface area contributed by atoms with Crippen LogP contribution in [0.1, 0.15) is 0 Å². The zero-order chi connectivity index (χ0) is 15.4. The minimum Gasteiger partial charge on any atom is -0.493 e. The molecule has 1 N–H and O–H groups in total. The van der Waals surface area contributed by atoms with Gasteiger partial charge in [0.2, 0.25) is 5.95 Å². The number of anilines is 1. The first-order valence-electron chi connectivity index (χ1n) is 7.32. The van der Waals surface area contributed by atoms with Gasteiger partial charge in [-0.3, -0.25) is 0 Å². The monoisotopic (exact) mass is 300 g/mol. The van der Waals surface area contributed by atoms with Gasteiger partial charge in [0.15, 0.2) is 11.5 Å². The summed E-state index contributed by atoms with van der Waals surface area (Å²) in [6.45, 7) is 3.83. The molecule has 1 aromatic carbocycles. The second kappa shape index (κ2) is 6.62. The molecule has 1 aliphatic rings. The molecule has 3 rings (SSSR count). The first-order chi connectivity index (χ1) is 10.8. The van der Waals surface area contributed by atoms with Crippen LogP contribution >= 0.6 is 0 Å². The summed E-state index contributed by atoms with van der Waals surface area (Å²) in [4.78, 5) is 11.2. The molecule has 1 fully saturated rings. The van der Waals surface area contributed by atoms with E-state index in [-0.39, 0.29) is 0 Å². The predicted octanol–water partition coefficient (Wildman–Crippen LogP) is 1.57. The molecule has 0 saturated carbocycles. The Hall–Kier alpha value is -2.34. The van der Waals surface area contributed by atoms with E-state index in [4.69, 9.17) is 9.47 Å². The fourth-order valence-corrected chi connectivity index (χ4v) is 2.51. The van der Waals surface area contributed by atoms with E-state index >= 15 is 0 Å². The third kappa shape index (κ3) is 2.96. The molecule has 1 saturated heterocycles. The van der Waals surface area contributed by atoms with E-state index in [9.17, 15) is 0 Å². The average Bonchev–Trinajstić information content (AvgIpc) is 2.62. The summed E-state index contributed by atoms with van der Waals surface area (Å²) in [5.74, 6) is 2.20. The number of hydrogen-bond acceptors (Lipinski definition) is 6. The van der Waals surface area contributed by atoms with E-state index < -0.39 is 0 Å². The highest BCUT2D eigenvalue weighted by Gasteiger charge is 2.13. The van der Waals surface area contributed by atoms with Crippen molar-refractivity contribution in [1.29, 1.82) is 0 Å². The lowest BCUT2D eigenvalue weighted by Gasteiger charge is -2.27. The van der Waals surface area contributed by atoms with Gasteiger partial charge in [-0.25, -0.2) is 9.97 Å². The zero-order valence-corrected chi connectivity index (χ0v) is 12.9. The first-order valence-corrected chi connectivity index (χ1v) is 7.32. The van der Waals surface area contributed by atoms with Gasteiger partial charge >= 0.3 is 0 Å². The lowest BCUT2D eigenvalue weighted by Crippen LogP contribution is -2.44. The maximum absolute atomic E-state index is 5.34. The zero-order valence-electron chi connectivity index (χ0n) is 12.9. The average molecular weight is 300 g/mol. The minimum absolute atomic E-state index is 0.700. The first kappa shape index (κ1) is 14.6. The molecular formula is C16H20N4O2. The molecule has 0 unspecified atom stereocenters. The Morgan fingerprint density at radius 2 is 1.64 bits per heavy atom. The van der Waals surface area contributed by atoms with Gasteiger partial charge in [0.25, 0.3) is 0 Å². The van der Waals surface area contributed by atoms with E-state index in [0.29, 0.717) is 11.5 Å². The van der Waals surface area contributed by atoms with Crippen molar-refractivity contribution in [2.24, 2.45) is 0 Å². The third-order valence-electron chi connectivity index (χ3n) is 3.75. The minimum atomic E-state index is 0.700. The van der Waals surface area contributed by atoms with Gasteiger partial charge in [-0.15, -0.1) is 0 Å². The van der Waals surface area contributed by atoms with Crippen molar-refractivity contribution in [3.05, 3.63) is 30.6 Å². The molecule has 116 valence electrons. The van der Waals surface area contributed by atoms with Crippen LogP contribution < -0.4 is 19.7 Å². The topological polar surface area (TPSA) is 59.5 Å². The van der Waals surface area contributed by atoms with Gasteiger partial charge in [-0.1, -0.05) is 6.07 Å². The summed E-state index contributed by atoms with van der Waals surface area (Å²) in [6, 6.07) is 5.80. The Labute approximate surface area is 130 Å². The normalized spacial score (nSPS) is 14.7. The summed E-state index contributed by atoms with van der Waals surface area (Å²) < 4.78 is 10.6. The number of nitrogens with one attached hydrogen (secondary N) is 1. The van der Waals surface area contributed by atoms with Gasteiger partial charge in [0, 0.05) is 44.1 Å². The molecule has 1 aromatic heterocycles. The Bertz CT molecular complexity index is 625. The highest BCUT2D eigenvalue weighted by Crippen LogP contribution is 2.31. The molecule has 6 heteroatoms. The number of methoxy groups -OCH3 is 2. The van der Waals surface area contributed by atoms with E-state index in [2.05, 4.69) is 20.2 Å². The molecule has 0 atom stereocenters. The highest BCUT2D eigenvalue weighted by molar-refractivity contribution is 5.66. The predicted molar refractivity (Wildman–Crippen MR) is 85.7 cm³/mol. The summed E-state index contributed by atoms with van der Waals surface area (Å²) in [7, 11) is 3.26. The molecule has 0 spiro atoms. The summed E-state index contributed by atoms with van der Waals surface area (Å²) in [5, 5.41) is 3.32. The second-order valence-electron chi connectivity index (χ2n) is 5.08. The van der Waals surface area contributed by atoms with Gasteiger partial charge in [0.1, 0.15) is 0 Å². The lowest BCUT2D eigenvalue weighted by molar-refractivity contribution is 0.355. The number of piperazine rings is 1. The molecular weight excluding hydrogens is 280 g/mol. The quantitative estimate of drug-likeness (QED) is 0.925. The van der Waals surface area contributed by atoms with Crippen LogP contribution in [0.5, 0.6) is 11.5 Å². The maximum atomic E-state index is 5.34. The fourth-order valence-electron chi connectivity index (χ4n) is 2.51. The van der Waals surface area contributed by atoms with Crippen LogP contribution in [0.3, 0.4) is 0 Å². The molecule has 22 heavy (non-hydrogen) atoms. The van der Waals surface area contributed by atoms with Crippen molar-refractivity contribution < 1.29 is 9.47 Å². The van der Waals surface area contributed by atoms with Gasteiger partial charge in [0.05, 0.1) is 14.2 Å². The van der Waals surface area contributed by atoms with E-state index in [1.807, 2.05) is 30.6 Å². The molecule has 2 heterocycles. The van der Waals surface area contributed by atoms with Crippen LogP contribution in [-0.2, 0) is 0 Å². The van der Waals surface area contributed by atoms with Crippen LogP contribution in [0.2, 0.25) is 0 Å². The molecule has 0 aliphatic carbocycles. The van der Waals surface area contributed by atoms with Crippen molar-refractivity contribution in [3.63, 3.8) is 0 Å². The third-order valence-corrected chi connectivity index (χ3v) is 3.75. The summed E-state index contributed by atoms with van der Waals surface area (Å²) >= 11 is 0. The maximum Gasteiger partial charge on any atom is 0.225 e.